The van der Waals surface area contributed by atoms with Crippen LogP contribution in [0, 0.1) is 0 Å². The molecule has 0 bridgehead atoms. The summed E-state index contributed by atoms with van der Waals surface area (Å²) in [5, 5.41) is 3.02. The van der Waals surface area contributed by atoms with Gasteiger partial charge >= 0.3 is 0 Å². The summed E-state index contributed by atoms with van der Waals surface area (Å²) in [6.45, 7) is 2.61. The molecule has 1 amide bonds. The average molecular weight is 247 g/mol. The molecule has 18 heavy (non-hydrogen) atoms. The minimum atomic E-state index is -0.134. The van der Waals surface area contributed by atoms with Gasteiger partial charge in [-0.1, -0.05) is 18.2 Å². The molecule has 1 aromatic rings. The lowest BCUT2D eigenvalue weighted by molar-refractivity contribution is -0.125. The van der Waals surface area contributed by atoms with E-state index in [-0.39, 0.29) is 11.9 Å². The van der Waals surface area contributed by atoms with Crippen LogP contribution in [0.1, 0.15) is 25.3 Å². The van der Waals surface area contributed by atoms with Crippen molar-refractivity contribution < 1.29 is 4.79 Å². The molecule has 1 saturated carbocycles. The molecule has 0 radical (unpaired) electrons. The van der Waals surface area contributed by atoms with Gasteiger partial charge in [-0.3, -0.25) is 9.69 Å². The molecule has 1 unspecified atom stereocenters. The molecular weight excluding hydrogens is 226 g/mol. The van der Waals surface area contributed by atoms with E-state index in [1.807, 2.05) is 43.1 Å². The van der Waals surface area contributed by atoms with Gasteiger partial charge in [0.25, 0.3) is 0 Å². The fraction of sp³-hybridized carbons (Fsp3) is 0.500. The second-order valence-corrected chi connectivity index (χ2v) is 5.07. The quantitative estimate of drug-likeness (QED) is 0.773. The van der Waals surface area contributed by atoms with Crippen molar-refractivity contribution in [3.05, 3.63) is 29.8 Å². The van der Waals surface area contributed by atoms with Crippen molar-refractivity contribution in [3.63, 3.8) is 0 Å². The van der Waals surface area contributed by atoms with Gasteiger partial charge in [-0.25, -0.2) is 0 Å². The molecular formula is C14H21N3O. The highest BCUT2D eigenvalue weighted by Gasteiger charge is 2.27. The minimum Gasteiger partial charge on any atom is -0.398 e. The number of rotatable bonds is 5. The monoisotopic (exact) mass is 247 g/mol. The second kappa shape index (κ2) is 5.40. The van der Waals surface area contributed by atoms with Crippen LogP contribution in [0.5, 0.6) is 0 Å². The Hall–Kier alpha value is -1.55. The van der Waals surface area contributed by atoms with Crippen molar-refractivity contribution in [1.82, 2.24) is 10.2 Å². The van der Waals surface area contributed by atoms with Crippen LogP contribution in [0.15, 0.2) is 24.3 Å². The van der Waals surface area contributed by atoms with E-state index in [2.05, 4.69) is 5.32 Å². The van der Waals surface area contributed by atoms with Gasteiger partial charge in [-0.05, 0) is 38.4 Å². The summed E-state index contributed by atoms with van der Waals surface area (Å²) in [5.74, 6) is 0.106. The number of carbonyl (C=O) groups excluding carboxylic acids is 1. The zero-order chi connectivity index (χ0) is 13.1. The van der Waals surface area contributed by atoms with Gasteiger partial charge in [0.15, 0.2) is 0 Å². The molecule has 0 saturated heterocycles. The lowest BCUT2D eigenvalue weighted by Crippen LogP contribution is -2.43. The van der Waals surface area contributed by atoms with Crippen LogP contribution in [0.25, 0.3) is 0 Å². The number of carbonyl (C=O) groups is 1. The summed E-state index contributed by atoms with van der Waals surface area (Å²) in [7, 11) is 1.95. The van der Waals surface area contributed by atoms with Crippen LogP contribution in [0.4, 0.5) is 5.69 Å². The summed E-state index contributed by atoms with van der Waals surface area (Å²) in [6, 6.07) is 8.05. The van der Waals surface area contributed by atoms with Crippen LogP contribution in [-0.2, 0) is 11.3 Å². The number of nitrogens with zero attached hydrogens (tertiary/aromatic N) is 1. The SMILES string of the molecule is CC(C(=O)NC1CC1)N(C)Cc1ccccc1N. The molecule has 0 aliphatic heterocycles. The van der Waals surface area contributed by atoms with Crippen molar-refractivity contribution in [1.29, 1.82) is 0 Å². The zero-order valence-corrected chi connectivity index (χ0v) is 11.0. The largest absolute Gasteiger partial charge is 0.398 e. The third-order valence-electron chi connectivity index (χ3n) is 3.44. The van der Waals surface area contributed by atoms with Crippen LogP contribution in [-0.4, -0.2) is 29.9 Å². The number of nitrogens with one attached hydrogen (secondary N) is 1. The Kier molecular flexibility index (Phi) is 3.87. The maximum atomic E-state index is 11.9. The van der Waals surface area contributed by atoms with Gasteiger partial charge in [0, 0.05) is 18.3 Å². The number of hydrogen-bond acceptors (Lipinski definition) is 3. The summed E-state index contributed by atoms with van der Waals surface area (Å²) >= 11 is 0. The first-order valence-electron chi connectivity index (χ1n) is 6.42. The smallest absolute Gasteiger partial charge is 0.237 e. The van der Waals surface area contributed by atoms with Crippen molar-refractivity contribution in [2.24, 2.45) is 0 Å². The maximum Gasteiger partial charge on any atom is 0.237 e. The van der Waals surface area contributed by atoms with Crippen LogP contribution in [0.3, 0.4) is 0 Å². The molecule has 0 aromatic heterocycles. The predicted octanol–water partition coefficient (Wildman–Crippen LogP) is 1.37. The molecule has 4 nitrogen and oxygen atoms in total. The number of nitrogens with two attached hydrogens (primary N) is 1. The number of benzene rings is 1. The van der Waals surface area contributed by atoms with Gasteiger partial charge in [0.2, 0.25) is 5.91 Å². The van der Waals surface area contributed by atoms with E-state index >= 15 is 0 Å². The fourth-order valence-electron chi connectivity index (χ4n) is 1.83. The Bertz CT molecular complexity index is 429. The number of hydrogen-bond donors (Lipinski definition) is 2. The highest BCUT2D eigenvalue weighted by atomic mass is 16.2. The summed E-state index contributed by atoms with van der Waals surface area (Å²) in [6.07, 6.45) is 2.24. The Morgan fingerprint density at radius 3 is 2.78 bits per heavy atom. The van der Waals surface area contributed by atoms with Gasteiger partial charge in [0.05, 0.1) is 6.04 Å². The minimum absolute atomic E-state index is 0.106. The van der Waals surface area contributed by atoms with Crippen LogP contribution < -0.4 is 11.1 Å². The molecule has 1 aromatic carbocycles. The Morgan fingerprint density at radius 2 is 2.17 bits per heavy atom. The van der Waals surface area contributed by atoms with Gasteiger partial charge in [-0.2, -0.15) is 0 Å². The molecule has 1 aliphatic rings. The summed E-state index contributed by atoms with van der Waals surface area (Å²) < 4.78 is 0. The lowest BCUT2D eigenvalue weighted by atomic mass is 10.1. The Labute approximate surface area is 108 Å². The fourth-order valence-corrected chi connectivity index (χ4v) is 1.83. The number of likely N-dealkylation sites (N-methyl/N-ethyl adjacent to an activating group) is 1. The van der Waals surface area contributed by atoms with Crippen molar-refractivity contribution >= 4 is 11.6 Å². The van der Waals surface area contributed by atoms with E-state index in [0.717, 1.165) is 24.1 Å². The van der Waals surface area contributed by atoms with Crippen molar-refractivity contribution in [3.8, 4) is 0 Å². The molecule has 2 rings (SSSR count). The molecule has 1 fully saturated rings. The Morgan fingerprint density at radius 1 is 1.50 bits per heavy atom. The average Bonchev–Trinajstić information content (AvgIpc) is 3.15. The highest BCUT2D eigenvalue weighted by molar-refractivity contribution is 5.81. The normalized spacial score (nSPS) is 16.6. The van der Waals surface area contributed by atoms with Crippen LogP contribution >= 0.6 is 0 Å². The highest BCUT2D eigenvalue weighted by Crippen LogP contribution is 2.19. The first-order chi connectivity index (χ1) is 8.58. The van der Waals surface area contributed by atoms with Crippen LogP contribution in [0.2, 0.25) is 0 Å². The van der Waals surface area contributed by atoms with Gasteiger partial charge in [0.1, 0.15) is 0 Å². The maximum absolute atomic E-state index is 11.9. The first kappa shape index (κ1) is 12.9. The number of para-hydroxylation sites is 1. The number of amides is 1. The third kappa shape index (κ3) is 3.23. The lowest BCUT2D eigenvalue weighted by Gasteiger charge is -2.24. The van der Waals surface area contributed by atoms with E-state index < -0.39 is 0 Å². The molecule has 3 N–H and O–H groups in total. The van der Waals surface area contributed by atoms with E-state index in [4.69, 9.17) is 5.73 Å². The number of anilines is 1. The summed E-state index contributed by atoms with van der Waals surface area (Å²) in [4.78, 5) is 13.9. The zero-order valence-electron chi connectivity index (χ0n) is 11.0. The predicted molar refractivity (Wildman–Crippen MR) is 72.9 cm³/mol. The molecule has 0 heterocycles. The topological polar surface area (TPSA) is 58.4 Å². The molecule has 4 heteroatoms. The third-order valence-corrected chi connectivity index (χ3v) is 3.44. The van der Waals surface area contributed by atoms with E-state index in [1.165, 1.54) is 0 Å². The summed E-state index contributed by atoms with van der Waals surface area (Å²) in [5.41, 5.74) is 7.75. The van der Waals surface area contributed by atoms with E-state index in [1.54, 1.807) is 0 Å². The van der Waals surface area contributed by atoms with E-state index in [0.29, 0.717) is 12.6 Å². The van der Waals surface area contributed by atoms with Crippen molar-refractivity contribution in [2.75, 3.05) is 12.8 Å². The van der Waals surface area contributed by atoms with Crippen molar-refractivity contribution in [2.45, 2.75) is 38.4 Å². The van der Waals surface area contributed by atoms with E-state index in [9.17, 15) is 4.79 Å². The standard InChI is InChI=1S/C14H21N3O/c1-10(14(18)16-12-7-8-12)17(2)9-11-5-3-4-6-13(11)15/h3-6,10,12H,7-9,15H2,1-2H3,(H,16,18). The molecule has 0 spiro atoms. The van der Waals surface area contributed by atoms with Gasteiger partial charge < -0.3 is 11.1 Å². The van der Waals surface area contributed by atoms with Gasteiger partial charge in [-0.15, -0.1) is 0 Å². The first-order valence-corrected chi connectivity index (χ1v) is 6.42. The number of nitrogen functional groups attached to an aromatic ring is 1. The Balaban J connectivity index is 1.92. The molecule has 1 atom stereocenters. The molecule has 98 valence electrons. The second-order valence-electron chi connectivity index (χ2n) is 5.07. The molecule has 1 aliphatic carbocycles.